The smallest absolute Gasteiger partial charge is 0.338 e. The lowest BCUT2D eigenvalue weighted by Crippen LogP contribution is -2.07. The molecule has 4 nitrogen and oxygen atoms in total. The maximum atomic E-state index is 12.3. The Bertz CT molecular complexity index is 926. The molecule has 132 valence electrons. The third-order valence-electron chi connectivity index (χ3n) is 4.06. The lowest BCUT2D eigenvalue weighted by Gasteiger charge is -2.15. The summed E-state index contributed by atoms with van der Waals surface area (Å²) in [6.07, 6.45) is 3.38. The number of hydrogen-bond acceptors (Lipinski definition) is 4. The maximum Gasteiger partial charge on any atom is 0.338 e. The molecule has 26 heavy (non-hydrogen) atoms. The van der Waals surface area contributed by atoms with E-state index < -0.39 is 0 Å². The average Bonchev–Trinajstić information content (AvgIpc) is 2.67. The molecule has 0 saturated heterocycles. The summed E-state index contributed by atoms with van der Waals surface area (Å²) in [6, 6.07) is 15.5. The summed E-state index contributed by atoms with van der Waals surface area (Å²) in [6.45, 7) is 2.42. The number of carbonyl (C=O) groups excluding carboxylic acids is 1. The normalized spacial score (nSPS) is 10.4. The molecule has 0 spiro atoms. The second-order valence-electron chi connectivity index (χ2n) is 5.77. The number of ether oxygens (including phenoxy) is 2. The fourth-order valence-electron chi connectivity index (χ4n) is 2.70. The Morgan fingerprint density at radius 2 is 1.92 bits per heavy atom. The number of pyridine rings is 1. The first-order valence-electron chi connectivity index (χ1n) is 8.09. The highest BCUT2D eigenvalue weighted by Gasteiger charge is 2.18. The third kappa shape index (κ3) is 4.04. The summed E-state index contributed by atoms with van der Waals surface area (Å²) in [5.74, 6) is 0.360. The van der Waals surface area contributed by atoms with E-state index in [1.54, 1.807) is 12.4 Å². The number of hydrogen-bond donors (Lipinski definition) is 0. The number of aryl methyl sites for hydroxylation is 1. The van der Waals surface area contributed by atoms with Crippen LogP contribution in [-0.4, -0.2) is 18.1 Å². The van der Waals surface area contributed by atoms with E-state index in [2.05, 4.69) is 27.6 Å². The van der Waals surface area contributed by atoms with E-state index in [0.29, 0.717) is 17.9 Å². The zero-order valence-electron chi connectivity index (χ0n) is 14.5. The summed E-state index contributed by atoms with van der Waals surface area (Å²) in [5.41, 5.74) is 4.50. The van der Waals surface area contributed by atoms with Crippen LogP contribution in [0.2, 0.25) is 0 Å². The van der Waals surface area contributed by atoms with Crippen LogP contribution in [0, 0.1) is 10.5 Å². The number of benzene rings is 2. The molecule has 3 aromatic rings. The minimum absolute atomic E-state index is 0.346. The molecule has 0 N–H and O–H groups in total. The molecular formula is C21H18INO3. The number of esters is 1. The number of halogens is 1. The minimum Gasteiger partial charge on any atom is -0.487 e. The largest absolute Gasteiger partial charge is 0.487 e. The molecule has 0 bridgehead atoms. The molecular weight excluding hydrogens is 441 g/mol. The quantitative estimate of drug-likeness (QED) is 0.397. The van der Waals surface area contributed by atoms with E-state index in [1.165, 1.54) is 7.11 Å². The summed E-state index contributed by atoms with van der Waals surface area (Å²) in [7, 11) is 1.40. The van der Waals surface area contributed by atoms with Crippen molar-refractivity contribution >= 4 is 28.6 Å². The third-order valence-corrected chi connectivity index (χ3v) is 5.06. The van der Waals surface area contributed by atoms with Gasteiger partial charge in [-0.2, -0.15) is 0 Å². The zero-order chi connectivity index (χ0) is 18.5. The Morgan fingerprint density at radius 3 is 2.62 bits per heavy atom. The fraction of sp³-hybridized carbons (Fsp3) is 0.143. The highest BCUT2D eigenvalue weighted by atomic mass is 127. The summed E-state index contributed by atoms with van der Waals surface area (Å²) < 4.78 is 11.8. The topological polar surface area (TPSA) is 48.4 Å². The van der Waals surface area contributed by atoms with Gasteiger partial charge in [-0.3, -0.25) is 4.98 Å². The second-order valence-corrected chi connectivity index (χ2v) is 6.94. The van der Waals surface area contributed by atoms with Crippen LogP contribution in [0.1, 0.15) is 21.5 Å². The average molecular weight is 459 g/mol. The van der Waals surface area contributed by atoms with E-state index >= 15 is 0 Å². The van der Waals surface area contributed by atoms with Gasteiger partial charge in [-0.05, 0) is 70.5 Å². The molecule has 0 fully saturated rings. The van der Waals surface area contributed by atoms with Crippen molar-refractivity contribution in [1.29, 1.82) is 0 Å². The molecule has 0 aliphatic carbocycles. The van der Waals surface area contributed by atoms with Gasteiger partial charge in [0, 0.05) is 15.3 Å². The van der Waals surface area contributed by atoms with Crippen molar-refractivity contribution in [2.24, 2.45) is 0 Å². The van der Waals surface area contributed by atoms with Crippen molar-refractivity contribution in [3.05, 3.63) is 81.2 Å². The number of carbonyl (C=O) groups is 1. The molecule has 1 heterocycles. The van der Waals surface area contributed by atoms with E-state index in [1.807, 2.05) is 55.5 Å². The fourth-order valence-corrected chi connectivity index (χ4v) is 3.32. The molecule has 0 aliphatic heterocycles. The molecule has 2 aromatic carbocycles. The highest BCUT2D eigenvalue weighted by Crippen LogP contribution is 2.31. The van der Waals surface area contributed by atoms with Gasteiger partial charge in [0.25, 0.3) is 0 Å². The predicted octanol–water partition coefficient (Wildman–Crippen LogP) is 5.03. The predicted molar refractivity (Wildman–Crippen MR) is 109 cm³/mol. The zero-order valence-corrected chi connectivity index (χ0v) is 16.7. The monoisotopic (exact) mass is 459 g/mol. The van der Waals surface area contributed by atoms with Gasteiger partial charge >= 0.3 is 5.97 Å². The van der Waals surface area contributed by atoms with Crippen molar-refractivity contribution in [1.82, 2.24) is 4.98 Å². The SMILES string of the molecule is COC(=O)c1cc(I)c(COc2cccnc2)cc1-c1ccccc1C. The second kappa shape index (κ2) is 8.31. The first-order valence-corrected chi connectivity index (χ1v) is 9.17. The van der Waals surface area contributed by atoms with E-state index in [4.69, 9.17) is 9.47 Å². The molecule has 0 aliphatic rings. The van der Waals surface area contributed by atoms with Gasteiger partial charge in [0.15, 0.2) is 0 Å². The van der Waals surface area contributed by atoms with Crippen LogP contribution in [0.4, 0.5) is 0 Å². The molecule has 5 heteroatoms. The first-order chi connectivity index (χ1) is 12.6. The van der Waals surface area contributed by atoms with Gasteiger partial charge in [0.05, 0.1) is 18.9 Å². The van der Waals surface area contributed by atoms with E-state index in [-0.39, 0.29) is 5.97 Å². The van der Waals surface area contributed by atoms with Crippen molar-refractivity contribution < 1.29 is 14.3 Å². The Kier molecular flexibility index (Phi) is 5.88. The minimum atomic E-state index is -0.346. The number of methoxy groups -OCH3 is 1. The molecule has 0 amide bonds. The molecule has 3 rings (SSSR count). The van der Waals surface area contributed by atoms with Crippen LogP contribution in [-0.2, 0) is 11.3 Å². The van der Waals surface area contributed by atoms with E-state index in [9.17, 15) is 4.79 Å². The Labute approximate surface area is 166 Å². The highest BCUT2D eigenvalue weighted by molar-refractivity contribution is 14.1. The summed E-state index contributed by atoms with van der Waals surface area (Å²) in [4.78, 5) is 16.4. The van der Waals surface area contributed by atoms with Crippen molar-refractivity contribution in [3.8, 4) is 16.9 Å². The molecule has 0 atom stereocenters. The molecule has 0 radical (unpaired) electrons. The number of nitrogens with zero attached hydrogens (tertiary/aromatic N) is 1. The first kappa shape index (κ1) is 18.4. The van der Waals surface area contributed by atoms with Crippen molar-refractivity contribution in [2.75, 3.05) is 7.11 Å². The van der Waals surface area contributed by atoms with Gasteiger partial charge in [0.2, 0.25) is 0 Å². The number of rotatable bonds is 5. The van der Waals surface area contributed by atoms with Crippen molar-refractivity contribution in [3.63, 3.8) is 0 Å². The Morgan fingerprint density at radius 1 is 1.12 bits per heavy atom. The summed E-state index contributed by atoms with van der Waals surface area (Å²) >= 11 is 2.22. The maximum absolute atomic E-state index is 12.3. The van der Waals surface area contributed by atoms with Gasteiger partial charge < -0.3 is 9.47 Å². The van der Waals surface area contributed by atoms with Crippen LogP contribution < -0.4 is 4.74 Å². The van der Waals surface area contributed by atoms with Gasteiger partial charge in [-0.25, -0.2) is 4.79 Å². The molecule has 1 aromatic heterocycles. The van der Waals surface area contributed by atoms with Crippen LogP contribution >= 0.6 is 22.6 Å². The van der Waals surface area contributed by atoms with Gasteiger partial charge in [0.1, 0.15) is 12.4 Å². The van der Waals surface area contributed by atoms with Crippen molar-refractivity contribution in [2.45, 2.75) is 13.5 Å². The van der Waals surface area contributed by atoms with E-state index in [0.717, 1.165) is 25.8 Å². The Hall–Kier alpha value is -2.41. The van der Waals surface area contributed by atoms with Gasteiger partial charge in [-0.15, -0.1) is 0 Å². The number of aromatic nitrogens is 1. The lowest BCUT2D eigenvalue weighted by molar-refractivity contribution is 0.0601. The van der Waals surface area contributed by atoms with Crippen LogP contribution in [0.15, 0.2) is 60.9 Å². The summed E-state index contributed by atoms with van der Waals surface area (Å²) in [5, 5.41) is 0. The Balaban J connectivity index is 2.03. The van der Waals surface area contributed by atoms with Gasteiger partial charge in [-0.1, -0.05) is 24.3 Å². The standard InChI is InChI=1S/C21H18INO3/c1-14-6-3-4-8-17(14)18-10-15(13-26-16-7-5-9-23-12-16)20(22)11-19(18)21(24)25-2/h3-12H,13H2,1-2H3. The molecule has 0 saturated carbocycles. The molecule has 0 unspecified atom stereocenters. The lowest BCUT2D eigenvalue weighted by atomic mass is 9.94. The van der Waals surface area contributed by atoms with Crippen LogP contribution in [0.5, 0.6) is 5.75 Å². The van der Waals surface area contributed by atoms with Crippen LogP contribution in [0.3, 0.4) is 0 Å². The van der Waals surface area contributed by atoms with Crippen LogP contribution in [0.25, 0.3) is 11.1 Å².